The van der Waals surface area contributed by atoms with E-state index >= 15 is 0 Å². The van der Waals surface area contributed by atoms with E-state index in [1.807, 2.05) is 11.8 Å². The second-order valence-electron chi connectivity index (χ2n) is 4.50. The van der Waals surface area contributed by atoms with E-state index in [9.17, 15) is 4.79 Å². The van der Waals surface area contributed by atoms with Crippen molar-refractivity contribution >= 4 is 29.1 Å². The molecule has 1 aromatic rings. The topological polar surface area (TPSA) is 33.2 Å². The third kappa shape index (κ3) is 4.36. The van der Waals surface area contributed by atoms with Crippen LogP contribution in [0.5, 0.6) is 0 Å². The number of hydrogen-bond acceptors (Lipinski definition) is 2. The minimum Gasteiger partial charge on any atom is -0.339 e. The Bertz CT molecular complexity index is 433. The van der Waals surface area contributed by atoms with Gasteiger partial charge in [0.25, 0.3) is 5.91 Å². The van der Waals surface area contributed by atoms with Crippen LogP contribution in [0.25, 0.3) is 0 Å². The molecule has 1 heterocycles. The highest BCUT2D eigenvalue weighted by Gasteiger charge is 2.20. The van der Waals surface area contributed by atoms with Crippen LogP contribution in [0, 0.1) is 5.92 Å². The van der Waals surface area contributed by atoms with Crippen molar-refractivity contribution in [2.45, 2.75) is 33.6 Å². The molecule has 0 unspecified atom stereocenters. The zero-order chi connectivity index (χ0) is 14.4. The molecule has 0 fully saturated rings. The van der Waals surface area contributed by atoms with Gasteiger partial charge >= 0.3 is 0 Å². The highest BCUT2D eigenvalue weighted by atomic mass is 35.5. The summed E-state index contributed by atoms with van der Waals surface area (Å²) in [6.45, 7) is 7.67. The highest BCUT2D eigenvalue weighted by molar-refractivity contribution is 6.34. The molecule has 0 bridgehead atoms. The van der Waals surface area contributed by atoms with Crippen LogP contribution < -0.4 is 0 Å². The summed E-state index contributed by atoms with van der Waals surface area (Å²) in [6.07, 6.45) is 2.12. The average Bonchev–Trinajstić information content (AvgIpc) is 2.39. The van der Waals surface area contributed by atoms with Crippen LogP contribution in [0.4, 0.5) is 0 Å². The van der Waals surface area contributed by atoms with E-state index in [-0.39, 0.29) is 11.1 Å². The maximum absolute atomic E-state index is 12.4. The fourth-order valence-electron chi connectivity index (χ4n) is 1.96. The van der Waals surface area contributed by atoms with Crippen LogP contribution >= 0.6 is 23.2 Å². The first-order valence-electron chi connectivity index (χ1n) is 6.64. The number of nitrogens with zero attached hydrogens (tertiary/aromatic N) is 2. The predicted molar refractivity (Wildman–Crippen MR) is 79.9 cm³/mol. The third-order valence-corrected chi connectivity index (χ3v) is 3.85. The molecule has 1 amide bonds. The number of halogens is 2. The molecule has 0 spiro atoms. The van der Waals surface area contributed by atoms with E-state index < -0.39 is 0 Å². The lowest BCUT2D eigenvalue weighted by atomic mass is 10.0. The Balaban J connectivity index is 2.89. The van der Waals surface area contributed by atoms with Crippen molar-refractivity contribution in [3.63, 3.8) is 0 Å². The maximum Gasteiger partial charge on any atom is 0.256 e. The molecule has 0 radical (unpaired) electrons. The summed E-state index contributed by atoms with van der Waals surface area (Å²) in [7, 11) is 0. The Kier molecular flexibility index (Phi) is 6.59. The Morgan fingerprint density at radius 1 is 1.26 bits per heavy atom. The van der Waals surface area contributed by atoms with Gasteiger partial charge in [0.05, 0.1) is 5.56 Å². The average molecular weight is 303 g/mol. The van der Waals surface area contributed by atoms with Crippen LogP contribution in [0.2, 0.25) is 10.3 Å². The van der Waals surface area contributed by atoms with Crippen molar-refractivity contribution < 1.29 is 4.79 Å². The number of amides is 1. The molecular formula is C14H20Cl2N2O. The summed E-state index contributed by atoms with van der Waals surface area (Å²) in [6, 6.07) is 3.22. The van der Waals surface area contributed by atoms with Gasteiger partial charge in [0, 0.05) is 13.1 Å². The summed E-state index contributed by atoms with van der Waals surface area (Å²) in [5, 5.41) is 0.463. The number of hydrogen-bond donors (Lipinski definition) is 0. The van der Waals surface area contributed by atoms with Crippen LogP contribution in [0.15, 0.2) is 12.1 Å². The molecule has 0 aliphatic carbocycles. The van der Waals surface area contributed by atoms with E-state index in [4.69, 9.17) is 23.2 Å². The van der Waals surface area contributed by atoms with Crippen molar-refractivity contribution in [1.29, 1.82) is 0 Å². The number of aromatic nitrogens is 1. The molecule has 0 saturated carbocycles. The normalized spacial score (nSPS) is 10.8. The van der Waals surface area contributed by atoms with E-state index in [1.165, 1.54) is 0 Å². The summed E-state index contributed by atoms with van der Waals surface area (Å²) in [4.78, 5) is 18.2. The molecule has 0 N–H and O–H groups in total. The lowest BCUT2D eigenvalue weighted by Crippen LogP contribution is -2.35. The first kappa shape index (κ1) is 16.3. The van der Waals surface area contributed by atoms with Crippen LogP contribution in [0.1, 0.15) is 44.0 Å². The number of pyridine rings is 1. The zero-order valence-corrected chi connectivity index (χ0v) is 13.1. The van der Waals surface area contributed by atoms with Gasteiger partial charge < -0.3 is 4.90 Å². The van der Waals surface area contributed by atoms with Gasteiger partial charge in [0.1, 0.15) is 10.3 Å². The van der Waals surface area contributed by atoms with E-state index in [2.05, 4.69) is 18.8 Å². The van der Waals surface area contributed by atoms with E-state index in [0.717, 1.165) is 19.4 Å². The van der Waals surface area contributed by atoms with E-state index in [1.54, 1.807) is 12.1 Å². The van der Waals surface area contributed by atoms with Crippen LogP contribution in [0.3, 0.4) is 0 Å². The number of carbonyl (C=O) groups is 1. The summed E-state index contributed by atoms with van der Waals surface area (Å²) in [5.74, 6) is 0.437. The smallest absolute Gasteiger partial charge is 0.256 e. The first-order chi connectivity index (χ1) is 9.03. The summed E-state index contributed by atoms with van der Waals surface area (Å²) < 4.78 is 0. The lowest BCUT2D eigenvalue weighted by Gasteiger charge is -2.25. The minimum atomic E-state index is -0.0800. The van der Waals surface area contributed by atoms with Crippen molar-refractivity contribution in [2.75, 3.05) is 13.1 Å². The van der Waals surface area contributed by atoms with Gasteiger partial charge in [0.2, 0.25) is 0 Å². The molecule has 0 aliphatic rings. The van der Waals surface area contributed by atoms with Gasteiger partial charge in [-0.1, -0.05) is 49.9 Å². The predicted octanol–water partition coefficient (Wildman–Crippen LogP) is 4.29. The summed E-state index contributed by atoms with van der Waals surface area (Å²) >= 11 is 11.7. The molecule has 0 atom stereocenters. The van der Waals surface area contributed by atoms with Gasteiger partial charge in [-0.05, 0) is 25.0 Å². The van der Waals surface area contributed by atoms with E-state index in [0.29, 0.717) is 23.2 Å². The molecule has 1 rings (SSSR count). The molecule has 19 heavy (non-hydrogen) atoms. The fourth-order valence-corrected chi connectivity index (χ4v) is 2.38. The van der Waals surface area contributed by atoms with Gasteiger partial charge in [-0.3, -0.25) is 4.79 Å². The second-order valence-corrected chi connectivity index (χ2v) is 5.24. The molecule has 0 aromatic carbocycles. The van der Waals surface area contributed by atoms with Crippen molar-refractivity contribution in [2.24, 2.45) is 5.92 Å². The Morgan fingerprint density at radius 3 is 2.37 bits per heavy atom. The highest BCUT2D eigenvalue weighted by Crippen LogP contribution is 2.20. The van der Waals surface area contributed by atoms with Gasteiger partial charge in [0.15, 0.2) is 0 Å². The number of rotatable bonds is 6. The SMILES string of the molecule is CCC(CC)CN(CC)C(=O)c1ccc(Cl)nc1Cl. The molecular weight excluding hydrogens is 283 g/mol. The first-order valence-corrected chi connectivity index (χ1v) is 7.40. The Morgan fingerprint density at radius 2 is 1.89 bits per heavy atom. The second kappa shape index (κ2) is 7.71. The molecule has 5 heteroatoms. The molecule has 3 nitrogen and oxygen atoms in total. The van der Waals surface area contributed by atoms with Crippen LogP contribution in [-0.4, -0.2) is 28.9 Å². The molecule has 0 saturated heterocycles. The molecule has 1 aromatic heterocycles. The number of carbonyl (C=O) groups excluding carboxylic acids is 1. The molecule has 0 aliphatic heterocycles. The third-order valence-electron chi connectivity index (χ3n) is 3.35. The van der Waals surface area contributed by atoms with Gasteiger partial charge in [-0.25, -0.2) is 4.98 Å². The largest absolute Gasteiger partial charge is 0.339 e. The Hall–Kier alpha value is -0.800. The van der Waals surface area contributed by atoms with Gasteiger partial charge in [-0.2, -0.15) is 0 Å². The monoisotopic (exact) mass is 302 g/mol. The van der Waals surface area contributed by atoms with Crippen molar-refractivity contribution in [3.8, 4) is 0 Å². The van der Waals surface area contributed by atoms with Gasteiger partial charge in [-0.15, -0.1) is 0 Å². The fraction of sp³-hybridized carbons (Fsp3) is 0.571. The minimum absolute atomic E-state index is 0.0800. The lowest BCUT2D eigenvalue weighted by molar-refractivity contribution is 0.0734. The van der Waals surface area contributed by atoms with Crippen molar-refractivity contribution in [1.82, 2.24) is 9.88 Å². The molecule has 106 valence electrons. The standard InChI is InChI=1S/C14H20Cl2N2O/c1-4-10(5-2)9-18(6-3)14(19)11-7-8-12(15)17-13(11)16/h7-8,10H,4-6,9H2,1-3H3. The zero-order valence-electron chi connectivity index (χ0n) is 11.6. The van der Waals surface area contributed by atoms with Crippen LogP contribution in [-0.2, 0) is 0 Å². The summed E-state index contributed by atoms with van der Waals surface area (Å²) in [5.41, 5.74) is 0.416. The van der Waals surface area contributed by atoms with Crippen molar-refractivity contribution in [3.05, 3.63) is 28.0 Å². The quantitative estimate of drug-likeness (QED) is 0.735. The maximum atomic E-state index is 12.4. The Labute approximate surface area is 124 Å².